The van der Waals surface area contributed by atoms with Gasteiger partial charge in [-0.25, -0.2) is 4.79 Å². The van der Waals surface area contributed by atoms with Gasteiger partial charge in [0.25, 0.3) is 0 Å². The van der Waals surface area contributed by atoms with E-state index in [0.717, 1.165) is 38.5 Å². The van der Waals surface area contributed by atoms with Crippen LogP contribution in [0.1, 0.15) is 104 Å². The highest BCUT2D eigenvalue weighted by Crippen LogP contribution is 2.39. The number of unbranched alkanes of at least 4 members (excludes halogenated alkanes) is 8. The molecule has 0 heterocycles. The summed E-state index contributed by atoms with van der Waals surface area (Å²) in [4.78, 5) is 14.6. The lowest BCUT2D eigenvalue weighted by atomic mass is 9.91. The van der Waals surface area contributed by atoms with Crippen molar-refractivity contribution in [2.75, 3.05) is 7.11 Å². The van der Waals surface area contributed by atoms with Crippen LogP contribution in [0.2, 0.25) is 0 Å². The summed E-state index contributed by atoms with van der Waals surface area (Å²) in [7, 11) is 9.58. The van der Waals surface area contributed by atoms with Gasteiger partial charge in [0.1, 0.15) is 0 Å². The van der Waals surface area contributed by atoms with E-state index in [1.807, 2.05) is 0 Å². The Morgan fingerprint density at radius 1 is 0.964 bits per heavy atom. The van der Waals surface area contributed by atoms with E-state index in [4.69, 9.17) is 20.1 Å². The standard InChI is InChI=1S/C21H41ClO4S2/c1-4-6-7-9-12-15-18(5-2)21(27-22)19(28-25-3)16-13-10-8-11-14-17-20(23)26-24/h18-19,21,24H,4-17H2,1-3H3. The summed E-state index contributed by atoms with van der Waals surface area (Å²) in [6.45, 7) is 4.54. The first-order chi connectivity index (χ1) is 13.6. The highest BCUT2D eigenvalue weighted by Gasteiger charge is 2.29. The second-order valence-electron chi connectivity index (χ2n) is 7.50. The lowest BCUT2D eigenvalue weighted by Crippen LogP contribution is -2.28. The van der Waals surface area contributed by atoms with Gasteiger partial charge in [-0.05, 0) is 47.9 Å². The average molecular weight is 457 g/mol. The molecule has 0 aliphatic carbocycles. The number of hydrogen-bond donors (Lipinski definition) is 1. The summed E-state index contributed by atoms with van der Waals surface area (Å²) >= 11 is 1.58. The molecule has 0 saturated carbocycles. The smallest absolute Gasteiger partial charge is 0.318 e. The van der Waals surface area contributed by atoms with Crippen molar-refractivity contribution in [3.63, 3.8) is 0 Å². The molecule has 3 atom stereocenters. The molecule has 0 spiro atoms. The molecule has 168 valence electrons. The molecule has 0 aromatic carbocycles. The van der Waals surface area contributed by atoms with Crippen LogP contribution in [0.25, 0.3) is 0 Å². The van der Waals surface area contributed by atoms with E-state index in [2.05, 4.69) is 18.7 Å². The number of halogens is 1. The van der Waals surface area contributed by atoms with Gasteiger partial charge in [-0.15, -0.1) is 0 Å². The highest BCUT2D eigenvalue weighted by molar-refractivity contribution is 8.22. The van der Waals surface area contributed by atoms with Gasteiger partial charge >= 0.3 is 5.97 Å². The Hall–Kier alpha value is 0.380. The van der Waals surface area contributed by atoms with Gasteiger partial charge in [0, 0.05) is 16.9 Å². The fourth-order valence-electron chi connectivity index (χ4n) is 3.63. The molecule has 0 bridgehead atoms. The van der Waals surface area contributed by atoms with Crippen LogP contribution in [0.15, 0.2) is 0 Å². The van der Waals surface area contributed by atoms with E-state index >= 15 is 0 Å². The summed E-state index contributed by atoms with van der Waals surface area (Å²) in [5, 5.41) is 9.08. The van der Waals surface area contributed by atoms with Crippen LogP contribution in [0.3, 0.4) is 0 Å². The predicted octanol–water partition coefficient (Wildman–Crippen LogP) is 8.04. The fraction of sp³-hybridized carbons (Fsp3) is 0.952. The Morgan fingerprint density at radius 2 is 1.57 bits per heavy atom. The zero-order valence-corrected chi connectivity index (χ0v) is 20.4. The number of rotatable bonds is 20. The molecule has 0 rings (SSSR count). The number of carbonyl (C=O) groups excluding carboxylic acids is 1. The summed E-state index contributed by atoms with van der Waals surface area (Å²) in [5.74, 6) is 0.0973. The summed E-state index contributed by atoms with van der Waals surface area (Å²) in [5.41, 5.74) is 0. The van der Waals surface area contributed by atoms with Crippen molar-refractivity contribution in [3.8, 4) is 0 Å². The zero-order valence-electron chi connectivity index (χ0n) is 18.0. The molecule has 0 saturated heterocycles. The van der Waals surface area contributed by atoms with Crippen LogP contribution in [0.4, 0.5) is 0 Å². The second-order valence-corrected chi connectivity index (χ2v) is 9.88. The molecule has 28 heavy (non-hydrogen) atoms. The van der Waals surface area contributed by atoms with Gasteiger partial charge in [0.2, 0.25) is 0 Å². The Morgan fingerprint density at radius 3 is 2.14 bits per heavy atom. The van der Waals surface area contributed by atoms with E-state index in [1.54, 1.807) is 19.2 Å². The van der Waals surface area contributed by atoms with E-state index in [0.29, 0.717) is 22.8 Å². The summed E-state index contributed by atoms with van der Waals surface area (Å²) < 4.78 is 5.44. The van der Waals surface area contributed by atoms with Gasteiger partial charge < -0.3 is 9.07 Å². The first-order valence-electron chi connectivity index (χ1n) is 11.0. The zero-order chi connectivity index (χ0) is 21.0. The third kappa shape index (κ3) is 14.4. The highest BCUT2D eigenvalue weighted by atomic mass is 35.7. The quantitative estimate of drug-likeness (QED) is 0.0865. The molecule has 0 aromatic heterocycles. The average Bonchev–Trinajstić information content (AvgIpc) is 2.71. The predicted molar refractivity (Wildman–Crippen MR) is 124 cm³/mol. The first kappa shape index (κ1) is 28.4. The molecule has 0 fully saturated rings. The maximum Gasteiger partial charge on any atom is 0.342 e. The topological polar surface area (TPSA) is 55.8 Å². The fourth-order valence-corrected chi connectivity index (χ4v) is 6.49. The third-order valence-electron chi connectivity index (χ3n) is 5.33. The Balaban J connectivity index is 4.27. The maximum absolute atomic E-state index is 10.9. The van der Waals surface area contributed by atoms with E-state index in [9.17, 15) is 4.79 Å². The molecular weight excluding hydrogens is 416 g/mol. The normalized spacial score (nSPS) is 14.6. The van der Waals surface area contributed by atoms with Gasteiger partial charge in [-0.1, -0.05) is 89.0 Å². The minimum atomic E-state index is -0.543. The maximum atomic E-state index is 10.9. The van der Waals surface area contributed by atoms with Gasteiger partial charge in [0.05, 0.1) is 7.11 Å². The summed E-state index contributed by atoms with van der Waals surface area (Å²) in [6.07, 6.45) is 15.6. The molecule has 0 amide bonds. The van der Waals surface area contributed by atoms with Gasteiger partial charge in [0.15, 0.2) is 0 Å². The summed E-state index contributed by atoms with van der Waals surface area (Å²) in [6, 6.07) is 0. The molecule has 7 heteroatoms. The minimum absolute atomic E-state index is 0.292. The van der Waals surface area contributed by atoms with Crippen LogP contribution in [0.5, 0.6) is 0 Å². The van der Waals surface area contributed by atoms with Crippen molar-refractivity contribution < 1.29 is 19.1 Å². The first-order valence-corrected chi connectivity index (χ1v) is 13.5. The van der Waals surface area contributed by atoms with Crippen molar-refractivity contribution in [3.05, 3.63) is 0 Å². The van der Waals surface area contributed by atoms with Crippen molar-refractivity contribution in [2.45, 2.75) is 114 Å². The molecule has 1 N–H and O–H groups in total. The Bertz CT molecular complexity index is 361. The minimum Gasteiger partial charge on any atom is -0.318 e. The molecule has 3 unspecified atom stereocenters. The molecule has 4 nitrogen and oxygen atoms in total. The van der Waals surface area contributed by atoms with Crippen LogP contribution in [-0.4, -0.2) is 28.8 Å². The molecule has 0 radical (unpaired) electrons. The third-order valence-corrected chi connectivity index (χ3v) is 8.01. The van der Waals surface area contributed by atoms with Crippen molar-refractivity contribution >= 4 is 39.7 Å². The Kier molecular flexibility index (Phi) is 20.9. The van der Waals surface area contributed by atoms with Gasteiger partial charge in [-0.2, -0.15) is 5.26 Å². The van der Waals surface area contributed by atoms with Crippen LogP contribution in [0, 0.1) is 5.92 Å². The van der Waals surface area contributed by atoms with E-state index < -0.39 is 5.97 Å². The van der Waals surface area contributed by atoms with Crippen molar-refractivity contribution in [1.82, 2.24) is 0 Å². The molecular formula is C21H41ClO4S2. The van der Waals surface area contributed by atoms with Crippen LogP contribution >= 0.6 is 33.7 Å². The lowest BCUT2D eigenvalue weighted by Gasteiger charge is -2.30. The van der Waals surface area contributed by atoms with Gasteiger partial charge in [-0.3, -0.25) is 0 Å². The molecule has 0 aliphatic heterocycles. The van der Waals surface area contributed by atoms with Crippen molar-refractivity contribution in [2.24, 2.45) is 5.92 Å². The second kappa shape index (κ2) is 20.6. The van der Waals surface area contributed by atoms with Crippen LogP contribution in [-0.2, 0) is 13.9 Å². The number of carbonyl (C=O) groups is 1. The monoisotopic (exact) mass is 456 g/mol. The number of hydrogen-bond acceptors (Lipinski definition) is 6. The SMILES string of the molecule is CCCCCCCC(CC)C(SCl)C(CCCCCCCC(=O)OO)SOC. The van der Waals surface area contributed by atoms with Crippen molar-refractivity contribution in [1.29, 1.82) is 0 Å². The largest absolute Gasteiger partial charge is 0.342 e. The van der Waals surface area contributed by atoms with Crippen LogP contribution < -0.4 is 0 Å². The molecule has 0 aromatic rings. The Labute approximate surface area is 185 Å². The van der Waals surface area contributed by atoms with E-state index in [1.165, 1.54) is 55.9 Å². The molecule has 0 aliphatic rings. The van der Waals surface area contributed by atoms with E-state index in [-0.39, 0.29) is 0 Å². The lowest BCUT2D eigenvalue weighted by molar-refractivity contribution is -0.234.